The summed E-state index contributed by atoms with van der Waals surface area (Å²) in [7, 11) is 1.73. The van der Waals surface area contributed by atoms with E-state index in [1.807, 2.05) is 0 Å². The summed E-state index contributed by atoms with van der Waals surface area (Å²) in [6.45, 7) is 1.54. The Bertz CT molecular complexity index is 432. The highest BCUT2D eigenvalue weighted by atomic mass is 19.1. The maximum Gasteiger partial charge on any atom is 0.128 e. The number of nitrogens with one attached hydrogen (secondary N) is 1. The average Bonchev–Trinajstić information content (AvgIpc) is 2.44. The maximum atomic E-state index is 13.4. The minimum Gasteiger partial charge on any atom is -0.389 e. The lowest BCUT2D eigenvalue weighted by Crippen LogP contribution is -2.49. The van der Waals surface area contributed by atoms with E-state index in [4.69, 9.17) is 9.47 Å². The van der Waals surface area contributed by atoms with E-state index in [9.17, 15) is 9.50 Å². The van der Waals surface area contributed by atoms with Crippen molar-refractivity contribution in [2.45, 2.75) is 37.6 Å². The van der Waals surface area contributed by atoms with Crippen molar-refractivity contribution in [3.8, 4) is 0 Å². The molecule has 0 aromatic heterocycles. The number of hydrogen-bond acceptors (Lipinski definition) is 4. The first-order valence-corrected chi connectivity index (χ1v) is 7.40. The molecule has 21 heavy (non-hydrogen) atoms. The van der Waals surface area contributed by atoms with Crippen molar-refractivity contribution < 1.29 is 19.0 Å². The highest BCUT2D eigenvalue weighted by Crippen LogP contribution is 2.34. The van der Waals surface area contributed by atoms with Crippen LogP contribution in [0.4, 0.5) is 4.39 Å². The van der Waals surface area contributed by atoms with Gasteiger partial charge in [0.05, 0.1) is 24.9 Å². The van der Waals surface area contributed by atoms with E-state index >= 15 is 0 Å². The first kappa shape index (κ1) is 16.4. The summed E-state index contributed by atoms with van der Waals surface area (Å²) in [5.41, 5.74) is 0.457. The van der Waals surface area contributed by atoms with E-state index in [-0.39, 0.29) is 24.6 Å². The van der Waals surface area contributed by atoms with Gasteiger partial charge in [-0.3, -0.25) is 0 Å². The molecule has 0 amide bonds. The molecule has 0 radical (unpaired) electrons. The smallest absolute Gasteiger partial charge is 0.128 e. The molecule has 0 bridgehead atoms. The van der Waals surface area contributed by atoms with Crippen LogP contribution in [0.5, 0.6) is 0 Å². The largest absolute Gasteiger partial charge is 0.389 e. The quantitative estimate of drug-likeness (QED) is 0.730. The Morgan fingerprint density at radius 3 is 2.76 bits per heavy atom. The molecule has 1 aliphatic carbocycles. The molecule has 1 saturated carbocycles. The van der Waals surface area contributed by atoms with Crippen LogP contribution in [0.1, 0.15) is 24.8 Å². The molecule has 0 aliphatic heterocycles. The highest BCUT2D eigenvalue weighted by molar-refractivity contribution is 5.16. The lowest BCUT2D eigenvalue weighted by molar-refractivity contribution is -0.0713. The van der Waals surface area contributed by atoms with Crippen LogP contribution in [0, 0.1) is 5.82 Å². The second-order valence-electron chi connectivity index (χ2n) is 5.63. The van der Waals surface area contributed by atoms with Gasteiger partial charge in [-0.2, -0.15) is 0 Å². The normalized spacial score (nSPS) is 18.2. The van der Waals surface area contributed by atoms with Gasteiger partial charge < -0.3 is 19.9 Å². The lowest BCUT2D eigenvalue weighted by atomic mass is 9.80. The molecule has 2 N–H and O–H groups in total. The Morgan fingerprint density at radius 2 is 2.14 bits per heavy atom. The van der Waals surface area contributed by atoms with Gasteiger partial charge in [0, 0.05) is 25.8 Å². The first-order valence-electron chi connectivity index (χ1n) is 7.40. The molecule has 1 unspecified atom stereocenters. The van der Waals surface area contributed by atoms with Gasteiger partial charge in [-0.05, 0) is 25.3 Å². The van der Waals surface area contributed by atoms with Crippen molar-refractivity contribution in [1.82, 2.24) is 5.32 Å². The molecule has 0 spiro atoms. The number of halogens is 1. The third kappa shape index (κ3) is 4.74. The van der Waals surface area contributed by atoms with Crippen LogP contribution in [0.2, 0.25) is 0 Å². The SMILES string of the molecule is COC1(CNCC(O)COCc2ccccc2F)CCC1. The summed E-state index contributed by atoms with van der Waals surface area (Å²) < 4.78 is 24.2. The number of aliphatic hydroxyl groups excluding tert-OH is 1. The van der Waals surface area contributed by atoms with Gasteiger partial charge >= 0.3 is 0 Å². The topological polar surface area (TPSA) is 50.7 Å². The van der Waals surface area contributed by atoms with Crippen molar-refractivity contribution in [3.63, 3.8) is 0 Å². The van der Waals surface area contributed by atoms with E-state index in [0.717, 1.165) is 19.4 Å². The highest BCUT2D eigenvalue weighted by Gasteiger charge is 2.36. The zero-order valence-corrected chi connectivity index (χ0v) is 12.5. The van der Waals surface area contributed by atoms with Gasteiger partial charge in [0.2, 0.25) is 0 Å². The third-order valence-electron chi connectivity index (χ3n) is 4.05. The Hall–Kier alpha value is -1.01. The molecule has 1 aromatic carbocycles. The van der Waals surface area contributed by atoms with E-state index < -0.39 is 6.10 Å². The molecule has 118 valence electrons. The Balaban J connectivity index is 1.59. The Labute approximate surface area is 125 Å². The Kier molecular flexibility index (Phi) is 6.11. The summed E-state index contributed by atoms with van der Waals surface area (Å²) in [5.74, 6) is -0.280. The fraction of sp³-hybridized carbons (Fsp3) is 0.625. The molecule has 4 nitrogen and oxygen atoms in total. The van der Waals surface area contributed by atoms with Crippen LogP contribution in [0.25, 0.3) is 0 Å². The fourth-order valence-electron chi connectivity index (χ4n) is 2.47. The molecule has 1 atom stereocenters. The predicted octanol–water partition coefficient (Wildman–Crippen LogP) is 1.86. The predicted molar refractivity (Wildman–Crippen MR) is 78.5 cm³/mol. The third-order valence-corrected chi connectivity index (χ3v) is 4.05. The molecule has 1 aromatic rings. The molecular formula is C16H24FNO3. The zero-order valence-electron chi connectivity index (χ0n) is 12.5. The summed E-state index contributed by atoms with van der Waals surface area (Å²) in [6.07, 6.45) is 2.72. The summed E-state index contributed by atoms with van der Waals surface area (Å²) in [5, 5.41) is 13.0. The van der Waals surface area contributed by atoms with Crippen LogP contribution in [0.3, 0.4) is 0 Å². The molecule has 1 fully saturated rings. The Morgan fingerprint density at radius 1 is 1.38 bits per heavy atom. The number of aliphatic hydroxyl groups is 1. The van der Waals surface area contributed by atoms with E-state index in [0.29, 0.717) is 12.1 Å². The summed E-state index contributed by atoms with van der Waals surface area (Å²) in [6, 6.07) is 6.49. The average molecular weight is 297 g/mol. The molecule has 1 aliphatic rings. The second-order valence-corrected chi connectivity index (χ2v) is 5.63. The number of hydrogen-bond donors (Lipinski definition) is 2. The van der Waals surface area contributed by atoms with Crippen LogP contribution in [-0.4, -0.2) is 43.6 Å². The minimum atomic E-state index is -0.606. The summed E-state index contributed by atoms with van der Waals surface area (Å²) in [4.78, 5) is 0. The van der Waals surface area contributed by atoms with Crippen molar-refractivity contribution in [2.24, 2.45) is 0 Å². The number of ether oxygens (including phenoxy) is 2. The van der Waals surface area contributed by atoms with Crippen LogP contribution < -0.4 is 5.32 Å². The zero-order chi connectivity index (χ0) is 15.1. The van der Waals surface area contributed by atoms with Crippen LogP contribution in [0.15, 0.2) is 24.3 Å². The van der Waals surface area contributed by atoms with Gasteiger partial charge in [-0.1, -0.05) is 18.2 Å². The lowest BCUT2D eigenvalue weighted by Gasteiger charge is -2.40. The molecule has 2 rings (SSSR count). The van der Waals surface area contributed by atoms with Gasteiger partial charge in [0.15, 0.2) is 0 Å². The molecule has 0 saturated heterocycles. The van der Waals surface area contributed by atoms with Crippen molar-refractivity contribution in [3.05, 3.63) is 35.6 Å². The number of methoxy groups -OCH3 is 1. The second kappa shape index (κ2) is 7.84. The molecular weight excluding hydrogens is 273 g/mol. The number of benzene rings is 1. The van der Waals surface area contributed by atoms with Gasteiger partial charge in [0.1, 0.15) is 5.82 Å². The first-order chi connectivity index (χ1) is 10.2. The van der Waals surface area contributed by atoms with Gasteiger partial charge in [0.25, 0.3) is 0 Å². The standard InChI is InChI=1S/C16H24FNO3/c1-20-16(7-4-8-16)12-18-9-14(19)11-21-10-13-5-2-3-6-15(13)17/h2-3,5-6,14,18-19H,4,7-12H2,1H3. The van der Waals surface area contributed by atoms with Crippen LogP contribution in [-0.2, 0) is 16.1 Å². The maximum absolute atomic E-state index is 13.4. The van der Waals surface area contributed by atoms with E-state index in [2.05, 4.69) is 5.32 Å². The van der Waals surface area contributed by atoms with Gasteiger partial charge in [-0.25, -0.2) is 4.39 Å². The van der Waals surface area contributed by atoms with Crippen LogP contribution >= 0.6 is 0 Å². The minimum absolute atomic E-state index is 0.0479. The molecule has 0 heterocycles. The fourth-order valence-corrected chi connectivity index (χ4v) is 2.47. The van der Waals surface area contributed by atoms with E-state index in [1.54, 1.807) is 25.3 Å². The monoisotopic (exact) mass is 297 g/mol. The van der Waals surface area contributed by atoms with Gasteiger partial charge in [-0.15, -0.1) is 0 Å². The van der Waals surface area contributed by atoms with Crippen molar-refractivity contribution >= 4 is 0 Å². The number of rotatable bonds is 9. The molecule has 5 heteroatoms. The van der Waals surface area contributed by atoms with Crippen molar-refractivity contribution in [1.29, 1.82) is 0 Å². The van der Waals surface area contributed by atoms with E-state index in [1.165, 1.54) is 12.5 Å². The summed E-state index contributed by atoms with van der Waals surface area (Å²) >= 11 is 0. The van der Waals surface area contributed by atoms with Crippen molar-refractivity contribution in [2.75, 3.05) is 26.8 Å².